The Hall–Kier alpha value is -0.340. The lowest BCUT2D eigenvalue weighted by Crippen LogP contribution is -2.45. The Morgan fingerprint density at radius 3 is 2.38 bits per heavy atom. The first-order valence-electron chi connectivity index (χ1n) is 6.31. The molecular weight excluding hydrogens is 200 g/mol. The van der Waals surface area contributed by atoms with E-state index in [1.165, 1.54) is 0 Å². The Bertz CT molecular complexity index is 255. The van der Waals surface area contributed by atoms with Crippen molar-refractivity contribution in [1.29, 1.82) is 0 Å². The molecule has 94 valence electrons. The summed E-state index contributed by atoms with van der Waals surface area (Å²) in [5.41, 5.74) is 0.185. The Kier molecular flexibility index (Phi) is 4.19. The zero-order chi connectivity index (χ0) is 12.5. The van der Waals surface area contributed by atoms with Crippen LogP contribution in [0.5, 0.6) is 0 Å². The summed E-state index contributed by atoms with van der Waals surface area (Å²) in [6.45, 7) is 10.6. The van der Waals surface area contributed by atoms with E-state index in [-0.39, 0.29) is 17.4 Å². The fourth-order valence-electron chi connectivity index (χ4n) is 2.83. The van der Waals surface area contributed by atoms with Crippen LogP contribution in [0.3, 0.4) is 0 Å². The second-order valence-electron chi connectivity index (χ2n) is 6.04. The summed E-state index contributed by atoms with van der Waals surface area (Å²) in [5.74, 6) is 1.10. The average molecular weight is 226 g/mol. The average Bonchev–Trinajstić information content (AvgIpc) is 2.14. The largest absolute Gasteiger partial charge is 0.393 e. The number of hydrogen-bond donors (Lipinski definition) is 2. The molecule has 0 amide bonds. The predicted octanol–water partition coefficient (Wildman–Crippen LogP) is 2.60. The standard InChI is InChI=1S/C14H26O2/c1-9-8-13(16)11(3)12(14(9,4)5)7-6-10(2)15/h6-7,9-13,15-16H,8H2,1-5H3/b7-6+/t9-,10+,11+,12+,13-/m0/s1. The van der Waals surface area contributed by atoms with Gasteiger partial charge in [0, 0.05) is 0 Å². The maximum atomic E-state index is 10.0. The minimum atomic E-state index is -0.405. The molecule has 1 aliphatic carbocycles. The van der Waals surface area contributed by atoms with Crippen molar-refractivity contribution in [2.75, 3.05) is 0 Å². The first-order chi connectivity index (χ1) is 7.26. The minimum absolute atomic E-state index is 0.185. The molecular formula is C14H26O2. The summed E-state index contributed by atoms with van der Waals surface area (Å²) in [6.07, 6.45) is 4.19. The Labute approximate surface area is 99.4 Å². The van der Waals surface area contributed by atoms with Crippen LogP contribution in [0.1, 0.15) is 41.0 Å². The van der Waals surface area contributed by atoms with Gasteiger partial charge in [-0.3, -0.25) is 0 Å². The summed E-state index contributed by atoms with van der Waals surface area (Å²) >= 11 is 0. The van der Waals surface area contributed by atoms with Crippen molar-refractivity contribution >= 4 is 0 Å². The van der Waals surface area contributed by atoms with Gasteiger partial charge in [-0.2, -0.15) is 0 Å². The maximum Gasteiger partial charge on any atom is 0.0692 e. The fraction of sp³-hybridized carbons (Fsp3) is 0.857. The molecule has 1 aliphatic rings. The molecule has 1 fully saturated rings. The molecule has 0 heterocycles. The molecule has 0 aromatic heterocycles. The number of hydrogen-bond acceptors (Lipinski definition) is 2. The van der Waals surface area contributed by atoms with Crippen LogP contribution >= 0.6 is 0 Å². The van der Waals surface area contributed by atoms with E-state index in [1.807, 2.05) is 6.08 Å². The lowest BCUT2D eigenvalue weighted by molar-refractivity contribution is -0.0415. The van der Waals surface area contributed by atoms with E-state index < -0.39 is 6.10 Å². The van der Waals surface area contributed by atoms with E-state index >= 15 is 0 Å². The third-order valence-corrected chi connectivity index (χ3v) is 4.49. The van der Waals surface area contributed by atoms with Gasteiger partial charge in [0.05, 0.1) is 12.2 Å². The van der Waals surface area contributed by atoms with E-state index in [4.69, 9.17) is 0 Å². The molecule has 2 nitrogen and oxygen atoms in total. The van der Waals surface area contributed by atoms with Crippen LogP contribution in [0, 0.1) is 23.2 Å². The van der Waals surface area contributed by atoms with Crippen LogP contribution in [-0.2, 0) is 0 Å². The summed E-state index contributed by atoms with van der Waals surface area (Å²) in [5, 5.41) is 19.3. The van der Waals surface area contributed by atoms with Crippen LogP contribution < -0.4 is 0 Å². The SMILES string of the molecule is C[C@@H]1[C@@H](/C=C/[C@@H](C)O)C(C)(C)[C@@H](C)C[C@@H]1O. The zero-order valence-corrected chi connectivity index (χ0v) is 11.1. The van der Waals surface area contributed by atoms with Gasteiger partial charge in [-0.1, -0.05) is 39.8 Å². The second kappa shape index (κ2) is 4.89. The number of rotatable bonds is 2. The van der Waals surface area contributed by atoms with Crippen molar-refractivity contribution in [1.82, 2.24) is 0 Å². The molecule has 2 N–H and O–H groups in total. The highest BCUT2D eigenvalue weighted by atomic mass is 16.3. The molecule has 1 rings (SSSR count). The summed E-state index contributed by atoms with van der Waals surface area (Å²) < 4.78 is 0. The van der Waals surface area contributed by atoms with Gasteiger partial charge in [-0.15, -0.1) is 0 Å². The van der Waals surface area contributed by atoms with Crippen LogP contribution in [0.25, 0.3) is 0 Å². The van der Waals surface area contributed by atoms with Crippen LogP contribution in [-0.4, -0.2) is 22.4 Å². The third kappa shape index (κ3) is 2.67. The molecule has 5 atom stereocenters. The number of allylic oxidation sites excluding steroid dienone is 1. The molecule has 0 bridgehead atoms. The van der Waals surface area contributed by atoms with E-state index in [0.717, 1.165) is 6.42 Å². The van der Waals surface area contributed by atoms with Gasteiger partial charge >= 0.3 is 0 Å². The predicted molar refractivity (Wildman–Crippen MR) is 67.0 cm³/mol. The summed E-state index contributed by atoms with van der Waals surface area (Å²) in [4.78, 5) is 0. The van der Waals surface area contributed by atoms with Gasteiger partial charge in [-0.25, -0.2) is 0 Å². The van der Waals surface area contributed by atoms with Gasteiger partial charge in [0.15, 0.2) is 0 Å². The van der Waals surface area contributed by atoms with Crippen LogP contribution in [0.15, 0.2) is 12.2 Å². The summed E-state index contributed by atoms with van der Waals surface area (Å²) in [7, 11) is 0. The quantitative estimate of drug-likeness (QED) is 0.711. The molecule has 1 saturated carbocycles. The van der Waals surface area contributed by atoms with Crippen molar-refractivity contribution < 1.29 is 10.2 Å². The Morgan fingerprint density at radius 2 is 1.88 bits per heavy atom. The van der Waals surface area contributed by atoms with Crippen molar-refractivity contribution in [3.05, 3.63) is 12.2 Å². The van der Waals surface area contributed by atoms with Crippen molar-refractivity contribution in [2.24, 2.45) is 23.2 Å². The summed E-state index contributed by atoms with van der Waals surface area (Å²) in [6, 6.07) is 0. The fourth-order valence-corrected chi connectivity index (χ4v) is 2.83. The smallest absolute Gasteiger partial charge is 0.0692 e. The molecule has 2 heteroatoms. The first kappa shape index (κ1) is 13.7. The lowest BCUT2D eigenvalue weighted by atomic mass is 9.58. The highest BCUT2D eigenvalue weighted by Crippen LogP contribution is 2.48. The highest BCUT2D eigenvalue weighted by molar-refractivity contribution is 5.05. The molecule has 0 unspecified atom stereocenters. The molecule has 0 aliphatic heterocycles. The van der Waals surface area contributed by atoms with E-state index in [1.54, 1.807) is 6.92 Å². The van der Waals surface area contributed by atoms with Gasteiger partial charge in [0.2, 0.25) is 0 Å². The van der Waals surface area contributed by atoms with Gasteiger partial charge in [-0.05, 0) is 36.5 Å². The zero-order valence-electron chi connectivity index (χ0n) is 11.1. The first-order valence-corrected chi connectivity index (χ1v) is 6.31. The topological polar surface area (TPSA) is 40.5 Å². The lowest BCUT2D eigenvalue weighted by Gasteiger charge is -2.48. The molecule has 0 aromatic rings. The van der Waals surface area contributed by atoms with Crippen molar-refractivity contribution in [3.8, 4) is 0 Å². The van der Waals surface area contributed by atoms with Crippen molar-refractivity contribution in [2.45, 2.75) is 53.2 Å². The molecule has 0 saturated heterocycles. The van der Waals surface area contributed by atoms with Gasteiger partial charge in [0.25, 0.3) is 0 Å². The molecule has 0 radical (unpaired) electrons. The van der Waals surface area contributed by atoms with Crippen LogP contribution in [0.2, 0.25) is 0 Å². The van der Waals surface area contributed by atoms with Gasteiger partial charge < -0.3 is 10.2 Å². The number of aliphatic hydroxyl groups excluding tert-OH is 2. The van der Waals surface area contributed by atoms with Crippen LogP contribution in [0.4, 0.5) is 0 Å². The normalized spacial score (nSPS) is 41.2. The molecule has 16 heavy (non-hydrogen) atoms. The Morgan fingerprint density at radius 1 is 1.31 bits per heavy atom. The molecule has 0 aromatic carbocycles. The third-order valence-electron chi connectivity index (χ3n) is 4.49. The monoisotopic (exact) mass is 226 g/mol. The van der Waals surface area contributed by atoms with E-state index in [9.17, 15) is 10.2 Å². The minimum Gasteiger partial charge on any atom is -0.393 e. The Balaban J connectivity index is 2.90. The number of aliphatic hydroxyl groups is 2. The molecule has 0 spiro atoms. The highest BCUT2D eigenvalue weighted by Gasteiger charge is 2.44. The maximum absolute atomic E-state index is 10.0. The van der Waals surface area contributed by atoms with E-state index in [0.29, 0.717) is 11.8 Å². The van der Waals surface area contributed by atoms with E-state index in [2.05, 4.69) is 33.8 Å². The van der Waals surface area contributed by atoms with Gasteiger partial charge in [0.1, 0.15) is 0 Å². The van der Waals surface area contributed by atoms with Crippen molar-refractivity contribution in [3.63, 3.8) is 0 Å². The second-order valence-corrected chi connectivity index (χ2v) is 6.04.